The standard InChI is InChI=1S/C60H39N3OS3Si/c1-4-18-40(19-5-1)61(41-20-6-2-7-21-41)44-36-51-60-57(37-44)67-56-35-33-43(63-48-26-12-16-30-54(48)66-55-31-17-13-27-49(55)63)39-59(56)68(60,45-22-8-3-9-23-45)58-38-42(32-34-50(58)64-51)62-46-24-10-14-28-52(46)65-53-29-15-11-25-47(53)62/h1-39H. The predicted molar refractivity (Wildman–Crippen MR) is 287 cm³/mol. The molecule has 0 saturated heterocycles. The number of fused-ring (bicyclic) bond motifs is 8. The smallest absolute Gasteiger partial charge is 0.191 e. The second-order valence-corrected chi connectivity index (χ2v) is 24.2. The van der Waals surface area contributed by atoms with E-state index in [9.17, 15) is 0 Å². The van der Waals surface area contributed by atoms with Gasteiger partial charge in [0.25, 0.3) is 0 Å². The van der Waals surface area contributed by atoms with E-state index in [0.29, 0.717) is 0 Å². The van der Waals surface area contributed by atoms with Crippen LogP contribution in [0, 0.1) is 0 Å². The van der Waals surface area contributed by atoms with Crippen LogP contribution < -0.4 is 40.2 Å². The summed E-state index contributed by atoms with van der Waals surface area (Å²) in [6, 6.07) is 87.0. The maximum atomic E-state index is 7.43. The van der Waals surface area contributed by atoms with Gasteiger partial charge in [0.05, 0.1) is 28.4 Å². The minimum atomic E-state index is -3.25. The topological polar surface area (TPSA) is 19.0 Å². The maximum absolute atomic E-state index is 7.43. The highest BCUT2D eigenvalue weighted by Gasteiger charge is 2.53. The van der Waals surface area contributed by atoms with Crippen molar-refractivity contribution in [2.45, 2.75) is 29.4 Å². The molecule has 0 spiro atoms. The van der Waals surface area contributed by atoms with Gasteiger partial charge >= 0.3 is 0 Å². The Hall–Kier alpha value is -7.33. The zero-order valence-corrected chi connectivity index (χ0v) is 39.9. The van der Waals surface area contributed by atoms with Crippen LogP contribution in [-0.4, -0.2) is 8.07 Å². The molecule has 0 N–H and O–H groups in total. The molecule has 10 aromatic carbocycles. The van der Waals surface area contributed by atoms with E-state index in [1.165, 1.54) is 72.9 Å². The Labute approximate surface area is 409 Å². The fourth-order valence-electron chi connectivity index (χ4n) is 10.7. The number of para-hydroxylation sites is 6. The normalized spacial score (nSPS) is 15.6. The van der Waals surface area contributed by atoms with Gasteiger partial charge in [-0.25, -0.2) is 0 Å². The van der Waals surface area contributed by atoms with Crippen molar-refractivity contribution in [1.82, 2.24) is 0 Å². The molecule has 4 aliphatic rings. The molecule has 0 fully saturated rings. The van der Waals surface area contributed by atoms with E-state index in [4.69, 9.17) is 4.74 Å². The largest absolute Gasteiger partial charge is 0.457 e. The molecular formula is C60H39N3OS3Si. The number of anilines is 9. The number of benzene rings is 10. The van der Waals surface area contributed by atoms with Crippen LogP contribution in [0.2, 0.25) is 0 Å². The van der Waals surface area contributed by atoms with Crippen molar-refractivity contribution in [2.75, 3.05) is 14.7 Å². The van der Waals surface area contributed by atoms with Crippen molar-refractivity contribution in [2.24, 2.45) is 0 Å². The van der Waals surface area contributed by atoms with Gasteiger partial charge in [-0.3, -0.25) is 0 Å². The van der Waals surface area contributed by atoms with Gasteiger partial charge in [0, 0.05) is 63.4 Å². The average Bonchev–Trinajstić information content (AvgIpc) is 3.40. The molecule has 1 atom stereocenters. The van der Waals surface area contributed by atoms with Crippen molar-refractivity contribution in [3.05, 3.63) is 237 Å². The van der Waals surface area contributed by atoms with Crippen molar-refractivity contribution in [3.63, 3.8) is 0 Å². The minimum Gasteiger partial charge on any atom is -0.457 e. The van der Waals surface area contributed by atoms with Crippen molar-refractivity contribution < 1.29 is 4.74 Å². The second-order valence-electron chi connectivity index (χ2n) is 17.3. The molecule has 8 heteroatoms. The van der Waals surface area contributed by atoms with Crippen molar-refractivity contribution in [1.29, 1.82) is 0 Å². The van der Waals surface area contributed by atoms with E-state index in [0.717, 1.165) is 39.9 Å². The fraction of sp³-hybridized carbons (Fsp3) is 0. The first-order valence-electron chi connectivity index (χ1n) is 22.8. The minimum absolute atomic E-state index is 0.895. The van der Waals surface area contributed by atoms with Crippen LogP contribution in [-0.2, 0) is 0 Å². The molecule has 0 aliphatic carbocycles. The first-order chi connectivity index (χ1) is 33.7. The molecule has 4 nitrogen and oxygen atoms in total. The Kier molecular flexibility index (Phi) is 9.30. The third-order valence-electron chi connectivity index (χ3n) is 13.5. The maximum Gasteiger partial charge on any atom is 0.191 e. The molecule has 322 valence electrons. The molecule has 10 aromatic rings. The molecule has 4 heterocycles. The first kappa shape index (κ1) is 39.8. The summed E-state index contributed by atoms with van der Waals surface area (Å²) >= 11 is 5.56. The molecular weight excluding hydrogens is 903 g/mol. The monoisotopic (exact) mass is 941 g/mol. The van der Waals surface area contributed by atoms with Crippen molar-refractivity contribution >= 4 is 115 Å². The van der Waals surface area contributed by atoms with Gasteiger partial charge in [0.1, 0.15) is 11.5 Å². The molecule has 0 aromatic heterocycles. The molecule has 14 rings (SSSR count). The Morgan fingerprint density at radius 1 is 0.338 bits per heavy atom. The lowest BCUT2D eigenvalue weighted by atomic mass is 10.1. The highest BCUT2D eigenvalue weighted by molar-refractivity contribution is 8.00. The van der Waals surface area contributed by atoms with Crippen LogP contribution in [0.15, 0.2) is 266 Å². The zero-order chi connectivity index (χ0) is 44.8. The van der Waals surface area contributed by atoms with Crippen LogP contribution >= 0.6 is 35.3 Å². The lowest BCUT2D eigenvalue weighted by molar-refractivity contribution is 0.486. The third kappa shape index (κ3) is 6.11. The van der Waals surface area contributed by atoms with E-state index in [1.54, 1.807) is 0 Å². The lowest BCUT2D eigenvalue weighted by Crippen LogP contribution is -2.77. The Bertz CT molecular complexity index is 3330. The van der Waals surface area contributed by atoms with Crippen molar-refractivity contribution in [3.8, 4) is 11.5 Å². The third-order valence-corrected chi connectivity index (χ3v) is 22.1. The molecule has 0 radical (unpaired) electrons. The van der Waals surface area contributed by atoms with Gasteiger partial charge in [-0.05, 0) is 131 Å². The zero-order valence-electron chi connectivity index (χ0n) is 36.5. The Morgan fingerprint density at radius 2 is 0.779 bits per heavy atom. The van der Waals surface area contributed by atoms with E-state index < -0.39 is 8.07 Å². The summed E-state index contributed by atoms with van der Waals surface area (Å²) in [4.78, 5) is 14.7. The predicted octanol–water partition coefficient (Wildman–Crippen LogP) is 15.0. The molecule has 68 heavy (non-hydrogen) atoms. The van der Waals surface area contributed by atoms with E-state index >= 15 is 0 Å². The molecule has 0 saturated carbocycles. The first-order valence-corrected chi connectivity index (χ1v) is 27.3. The van der Waals surface area contributed by atoms with E-state index in [2.05, 4.69) is 251 Å². The van der Waals surface area contributed by atoms with Gasteiger partial charge in [-0.1, -0.05) is 151 Å². The van der Waals surface area contributed by atoms with Crippen LogP contribution in [0.5, 0.6) is 11.5 Å². The number of nitrogens with zero attached hydrogens (tertiary/aromatic N) is 3. The summed E-state index contributed by atoms with van der Waals surface area (Å²) in [5.74, 6) is 1.80. The summed E-state index contributed by atoms with van der Waals surface area (Å²) in [5.41, 5.74) is 10.2. The van der Waals surface area contributed by atoms with Crippen LogP contribution in [0.1, 0.15) is 0 Å². The van der Waals surface area contributed by atoms with Gasteiger partial charge in [-0.15, -0.1) is 0 Å². The quantitative estimate of drug-likeness (QED) is 0.153. The summed E-state index contributed by atoms with van der Waals surface area (Å²) < 4.78 is 7.43. The van der Waals surface area contributed by atoms with Crippen LogP contribution in [0.3, 0.4) is 0 Å². The van der Waals surface area contributed by atoms with E-state index in [-0.39, 0.29) is 0 Å². The van der Waals surface area contributed by atoms with Crippen LogP contribution in [0.4, 0.5) is 51.2 Å². The van der Waals surface area contributed by atoms with E-state index in [1.807, 2.05) is 35.3 Å². The van der Waals surface area contributed by atoms with Gasteiger partial charge in [-0.2, -0.15) is 0 Å². The lowest BCUT2D eigenvalue weighted by Gasteiger charge is -2.45. The summed E-state index contributed by atoms with van der Waals surface area (Å²) in [6.07, 6.45) is 0. The summed E-state index contributed by atoms with van der Waals surface area (Å²) in [6.45, 7) is 0. The Morgan fingerprint density at radius 3 is 1.31 bits per heavy atom. The molecule has 0 amide bonds. The fourth-order valence-corrected chi connectivity index (χ4v) is 20.0. The van der Waals surface area contributed by atoms with Crippen LogP contribution in [0.25, 0.3) is 0 Å². The molecule has 4 aliphatic heterocycles. The van der Waals surface area contributed by atoms with Gasteiger partial charge in [0.15, 0.2) is 8.07 Å². The van der Waals surface area contributed by atoms with Gasteiger partial charge < -0.3 is 19.4 Å². The molecule has 0 bridgehead atoms. The van der Waals surface area contributed by atoms with Gasteiger partial charge in [0.2, 0.25) is 0 Å². The summed E-state index contributed by atoms with van der Waals surface area (Å²) in [5, 5.41) is 5.22. The highest BCUT2D eigenvalue weighted by Crippen LogP contribution is 2.54. The number of hydrogen-bond acceptors (Lipinski definition) is 7. The highest BCUT2D eigenvalue weighted by atomic mass is 32.2. The number of ether oxygens (including phenoxy) is 1. The SMILES string of the molecule is c1ccc(N(c2ccccc2)c2cc3c4c(c2)Sc2ccc(N5c6ccccc6Sc6ccccc65)cc2[Si]4(c2ccccc2)c2cc(N4c5ccccc5Sc5ccccc54)ccc2O3)cc1. The number of rotatable bonds is 6. The summed E-state index contributed by atoms with van der Waals surface area (Å²) in [7, 11) is -3.25. The average molecular weight is 942 g/mol. The second kappa shape index (κ2) is 15.9. The number of hydrogen-bond donors (Lipinski definition) is 0. The molecule has 1 unspecified atom stereocenters. The Balaban J connectivity index is 1.06.